The second-order valence-corrected chi connectivity index (χ2v) is 7.78. The number of anilines is 1. The van der Waals surface area contributed by atoms with Gasteiger partial charge < -0.3 is 15.0 Å². The third kappa shape index (κ3) is 4.35. The van der Waals surface area contributed by atoms with E-state index in [9.17, 15) is 9.59 Å². The molecule has 1 unspecified atom stereocenters. The van der Waals surface area contributed by atoms with Crippen LogP contribution in [0.3, 0.4) is 0 Å². The standard InChI is InChI=1S/C19H25BrN2O3/c1-13(21-19(24)14-6-3-2-4-7-14)12-17(23)22-10-11-25-18-15(20)8-5-9-16(18)22/h5,8-9,13-14H,2-4,6-7,10-12H2,1H3,(H,21,24). The molecule has 0 saturated heterocycles. The smallest absolute Gasteiger partial charge is 0.229 e. The van der Waals surface area contributed by atoms with Gasteiger partial charge in [0.1, 0.15) is 6.61 Å². The summed E-state index contributed by atoms with van der Waals surface area (Å²) in [4.78, 5) is 26.8. The van der Waals surface area contributed by atoms with Gasteiger partial charge in [-0.2, -0.15) is 0 Å². The fourth-order valence-electron chi connectivity index (χ4n) is 3.62. The van der Waals surface area contributed by atoms with E-state index < -0.39 is 0 Å². The van der Waals surface area contributed by atoms with E-state index in [1.807, 2.05) is 25.1 Å². The molecule has 1 N–H and O–H groups in total. The lowest BCUT2D eigenvalue weighted by Gasteiger charge is -2.31. The monoisotopic (exact) mass is 408 g/mol. The molecule has 6 heteroatoms. The molecule has 25 heavy (non-hydrogen) atoms. The highest BCUT2D eigenvalue weighted by Gasteiger charge is 2.27. The van der Waals surface area contributed by atoms with Gasteiger partial charge in [0.05, 0.1) is 16.7 Å². The van der Waals surface area contributed by atoms with Crippen LogP contribution in [0.1, 0.15) is 45.4 Å². The van der Waals surface area contributed by atoms with Crippen LogP contribution in [0.5, 0.6) is 5.75 Å². The molecule has 0 radical (unpaired) electrons. The molecule has 5 nitrogen and oxygen atoms in total. The van der Waals surface area contributed by atoms with Crippen molar-refractivity contribution in [3.8, 4) is 5.75 Å². The van der Waals surface area contributed by atoms with Crippen molar-refractivity contribution in [1.82, 2.24) is 5.32 Å². The van der Waals surface area contributed by atoms with Crippen molar-refractivity contribution in [2.75, 3.05) is 18.1 Å². The average Bonchev–Trinajstić information content (AvgIpc) is 2.62. The number of hydrogen-bond donors (Lipinski definition) is 1. The minimum Gasteiger partial charge on any atom is -0.488 e. The first-order chi connectivity index (χ1) is 12.1. The quantitative estimate of drug-likeness (QED) is 0.826. The summed E-state index contributed by atoms with van der Waals surface area (Å²) in [5.41, 5.74) is 0.788. The Bertz CT molecular complexity index is 644. The molecule has 3 rings (SSSR count). The molecular weight excluding hydrogens is 384 g/mol. The fraction of sp³-hybridized carbons (Fsp3) is 0.579. The lowest BCUT2D eigenvalue weighted by atomic mass is 9.88. The third-order valence-electron chi connectivity index (χ3n) is 4.94. The number of carbonyl (C=O) groups is 2. The van der Waals surface area contributed by atoms with Crippen LogP contribution in [-0.2, 0) is 9.59 Å². The number of fused-ring (bicyclic) bond motifs is 1. The van der Waals surface area contributed by atoms with E-state index in [1.165, 1.54) is 6.42 Å². The van der Waals surface area contributed by atoms with E-state index in [0.29, 0.717) is 25.3 Å². The van der Waals surface area contributed by atoms with Gasteiger partial charge in [0.2, 0.25) is 11.8 Å². The average molecular weight is 409 g/mol. The molecule has 1 aliphatic heterocycles. The summed E-state index contributed by atoms with van der Waals surface area (Å²) in [5, 5.41) is 3.03. The van der Waals surface area contributed by atoms with Crippen molar-refractivity contribution in [2.45, 2.75) is 51.5 Å². The Balaban J connectivity index is 1.59. The van der Waals surface area contributed by atoms with Gasteiger partial charge >= 0.3 is 0 Å². The predicted molar refractivity (Wildman–Crippen MR) is 101 cm³/mol. The minimum atomic E-state index is -0.166. The summed E-state index contributed by atoms with van der Waals surface area (Å²) in [7, 11) is 0. The molecule has 0 bridgehead atoms. The van der Waals surface area contributed by atoms with Crippen LogP contribution in [0.2, 0.25) is 0 Å². The molecule has 0 aromatic heterocycles. The molecule has 1 aromatic carbocycles. The molecule has 1 aromatic rings. The fourth-order valence-corrected chi connectivity index (χ4v) is 4.09. The summed E-state index contributed by atoms with van der Waals surface area (Å²) in [6.07, 6.45) is 5.72. The minimum absolute atomic E-state index is 0.0131. The highest BCUT2D eigenvalue weighted by Crippen LogP contribution is 2.38. The van der Waals surface area contributed by atoms with Crippen LogP contribution in [-0.4, -0.2) is 31.0 Å². The van der Waals surface area contributed by atoms with Crippen LogP contribution in [0.25, 0.3) is 0 Å². The topological polar surface area (TPSA) is 58.6 Å². The van der Waals surface area contributed by atoms with Gasteiger partial charge in [0.25, 0.3) is 0 Å². The first kappa shape index (κ1) is 18.2. The Labute approximate surface area is 157 Å². The van der Waals surface area contributed by atoms with Gasteiger partial charge in [-0.3, -0.25) is 9.59 Å². The van der Waals surface area contributed by atoms with Gasteiger partial charge in [-0.05, 0) is 47.8 Å². The van der Waals surface area contributed by atoms with Crippen molar-refractivity contribution in [1.29, 1.82) is 0 Å². The molecule has 2 amide bonds. The number of nitrogens with one attached hydrogen (secondary N) is 1. The van der Waals surface area contributed by atoms with Crippen molar-refractivity contribution in [3.63, 3.8) is 0 Å². The van der Waals surface area contributed by atoms with Gasteiger partial charge in [-0.1, -0.05) is 25.3 Å². The van der Waals surface area contributed by atoms with Gasteiger partial charge in [0.15, 0.2) is 5.75 Å². The molecular formula is C19H25BrN2O3. The summed E-state index contributed by atoms with van der Waals surface area (Å²) >= 11 is 3.47. The largest absolute Gasteiger partial charge is 0.488 e. The third-order valence-corrected chi connectivity index (χ3v) is 5.57. The second-order valence-electron chi connectivity index (χ2n) is 6.93. The van der Waals surface area contributed by atoms with E-state index >= 15 is 0 Å². The lowest BCUT2D eigenvalue weighted by molar-refractivity contribution is -0.127. The molecule has 1 fully saturated rings. The Hall–Kier alpha value is -1.56. The first-order valence-corrected chi connectivity index (χ1v) is 9.87. The molecule has 1 heterocycles. The second kappa shape index (κ2) is 8.21. The molecule has 1 saturated carbocycles. The predicted octanol–water partition coefficient (Wildman–Crippen LogP) is 3.65. The Morgan fingerprint density at radius 1 is 1.32 bits per heavy atom. The van der Waals surface area contributed by atoms with Crippen LogP contribution in [0.4, 0.5) is 5.69 Å². The number of nitrogens with zero attached hydrogens (tertiary/aromatic N) is 1. The highest BCUT2D eigenvalue weighted by molar-refractivity contribution is 9.10. The molecule has 2 aliphatic rings. The van der Waals surface area contributed by atoms with E-state index in [1.54, 1.807) is 4.90 Å². The number of ether oxygens (including phenoxy) is 1. The van der Waals surface area contributed by atoms with Gasteiger partial charge in [-0.15, -0.1) is 0 Å². The normalized spacial score (nSPS) is 18.9. The zero-order valence-corrected chi connectivity index (χ0v) is 16.2. The first-order valence-electron chi connectivity index (χ1n) is 9.08. The van der Waals surface area contributed by atoms with Crippen molar-refractivity contribution >= 4 is 33.4 Å². The van der Waals surface area contributed by atoms with Crippen LogP contribution in [0, 0.1) is 5.92 Å². The summed E-state index contributed by atoms with van der Waals surface area (Å²) in [5.74, 6) is 0.941. The number of para-hydroxylation sites is 1. The van der Waals surface area contributed by atoms with Gasteiger partial charge in [0, 0.05) is 18.4 Å². The maximum absolute atomic E-state index is 12.7. The molecule has 1 aliphatic carbocycles. The van der Waals surface area contributed by atoms with E-state index in [0.717, 1.165) is 35.8 Å². The van der Waals surface area contributed by atoms with Crippen LogP contribution in [0.15, 0.2) is 22.7 Å². The van der Waals surface area contributed by atoms with Crippen molar-refractivity contribution in [3.05, 3.63) is 22.7 Å². The molecule has 1 atom stereocenters. The lowest BCUT2D eigenvalue weighted by Crippen LogP contribution is -2.44. The molecule has 136 valence electrons. The Morgan fingerprint density at radius 2 is 2.08 bits per heavy atom. The summed E-state index contributed by atoms with van der Waals surface area (Å²) in [6, 6.07) is 5.52. The summed E-state index contributed by atoms with van der Waals surface area (Å²) < 4.78 is 6.52. The number of amides is 2. The Kier molecular flexibility index (Phi) is 5.99. The maximum atomic E-state index is 12.7. The summed E-state index contributed by atoms with van der Waals surface area (Å²) in [6.45, 7) is 2.91. The number of rotatable bonds is 4. The number of halogens is 1. The number of hydrogen-bond acceptors (Lipinski definition) is 3. The highest BCUT2D eigenvalue weighted by atomic mass is 79.9. The van der Waals surface area contributed by atoms with E-state index in [-0.39, 0.29) is 23.8 Å². The Morgan fingerprint density at radius 3 is 2.84 bits per heavy atom. The van der Waals surface area contributed by atoms with E-state index in [4.69, 9.17) is 4.74 Å². The van der Waals surface area contributed by atoms with Crippen molar-refractivity contribution in [2.24, 2.45) is 5.92 Å². The zero-order chi connectivity index (χ0) is 17.8. The number of carbonyl (C=O) groups excluding carboxylic acids is 2. The van der Waals surface area contributed by atoms with Crippen molar-refractivity contribution < 1.29 is 14.3 Å². The van der Waals surface area contributed by atoms with Gasteiger partial charge in [-0.25, -0.2) is 0 Å². The maximum Gasteiger partial charge on any atom is 0.229 e. The zero-order valence-electron chi connectivity index (χ0n) is 14.6. The SMILES string of the molecule is CC(CC(=O)N1CCOc2c(Br)cccc21)NC(=O)C1CCCCC1. The van der Waals surface area contributed by atoms with Crippen LogP contribution < -0.4 is 15.0 Å². The van der Waals surface area contributed by atoms with Crippen LogP contribution >= 0.6 is 15.9 Å². The van der Waals surface area contributed by atoms with E-state index in [2.05, 4.69) is 21.2 Å². The molecule has 0 spiro atoms. The number of benzene rings is 1.